The van der Waals surface area contributed by atoms with Crippen LogP contribution >= 0.6 is 11.3 Å². The maximum atomic E-state index is 11.5. The van der Waals surface area contributed by atoms with Crippen LogP contribution in [0.15, 0.2) is 6.20 Å². The molecule has 102 valence electrons. The van der Waals surface area contributed by atoms with E-state index in [1.54, 1.807) is 13.8 Å². The van der Waals surface area contributed by atoms with Crippen LogP contribution in [0.4, 0.5) is 5.13 Å². The molecule has 0 atom stereocenters. The highest BCUT2D eigenvalue weighted by Gasteiger charge is 2.30. The van der Waals surface area contributed by atoms with Gasteiger partial charge in [-0.2, -0.15) is 0 Å². The van der Waals surface area contributed by atoms with E-state index in [1.807, 2.05) is 0 Å². The van der Waals surface area contributed by atoms with Gasteiger partial charge in [-0.3, -0.25) is 0 Å². The van der Waals surface area contributed by atoms with E-state index in [9.17, 15) is 13.2 Å². The Bertz CT molecular complexity index is 534. The zero-order valence-corrected chi connectivity index (χ0v) is 12.3. The first-order valence-electron chi connectivity index (χ1n) is 5.15. The maximum absolute atomic E-state index is 11.5. The summed E-state index contributed by atoms with van der Waals surface area (Å²) in [5.74, 6) is -0.456. The molecule has 0 aliphatic carbocycles. The van der Waals surface area contributed by atoms with Crippen molar-refractivity contribution >= 4 is 32.3 Å². The molecule has 0 spiro atoms. The van der Waals surface area contributed by atoms with Gasteiger partial charge < -0.3 is 10.1 Å². The summed E-state index contributed by atoms with van der Waals surface area (Å²) in [7, 11) is -1.87. The molecule has 0 saturated carbocycles. The fourth-order valence-electron chi connectivity index (χ4n) is 0.970. The third-order valence-corrected chi connectivity index (χ3v) is 5.65. The first-order chi connectivity index (χ1) is 8.17. The van der Waals surface area contributed by atoms with E-state index < -0.39 is 20.6 Å². The van der Waals surface area contributed by atoms with E-state index >= 15 is 0 Å². The fraction of sp³-hybridized carbons (Fsp3) is 0.600. The number of sulfone groups is 1. The monoisotopic (exact) mass is 292 g/mol. The first-order valence-corrected chi connectivity index (χ1v) is 7.86. The number of nitrogens with one attached hydrogen (secondary N) is 1. The second kappa shape index (κ2) is 5.23. The van der Waals surface area contributed by atoms with Crippen LogP contribution in [-0.2, 0) is 14.6 Å². The zero-order valence-electron chi connectivity index (χ0n) is 10.7. The Balaban J connectivity index is 2.71. The molecule has 0 unspecified atom stereocenters. The van der Waals surface area contributed by atoms with Gasteiger partial charge in [0.05, 0.1) is 18.1 Å². The molecule has 1 N–H and O–H groups in total. The van der Waals surface area contributed by atoms with Gasteiger partial charge in [0.15, 0.2) is 15.0 Å². The van der Waals surface area contributed by atoms with Gasteiger partial charge in [0.25, 0.3) is 0 Å². The molecule has 6 nitrogen and oxygen atoms in total. The summed E-state index contributed by atoms with van der Waals surface area (Å²) in [4.78, 5) is 15.6. The lowest BCUT2D eigenvalue weighted by Gasteiger charge is -2.22. The highest BCUT2D eigenvalue weighted by molar-refractivity contribution is 7.92. The smallest absolute Gasteiger partial charge is 0.349 e. The molecule has 0 amide bonds. The number of aromatic nitrogens is 1. The van der Waals surface area contributed by atoms with Crippen molar-refractivity contribution in [3.63, 3.8) is 0 Å². The second-order valence-corrected chi connectivity index (χ2v) is 8.09. The lowest BCUT2D eigenvalue weighted by Crippen LogP contribution is -2.38. The highest BCUT2D eigenvalue weighted by Crippen LogP contribution is 2.21. The summed E-state index contributed by atoms with van der Waals surface area (Å²) in [5, 5.41) is 3.40. The quantitative estimate of drug-likeness (QED) is 0.820. The van der Waals surface area contributed by atoms with Gasteiger partial charge in [-0.05, 0) is 13.8 Å². The molecule has 0 radical (unpaired) electrons. The predicted molar refractivity (Wildman–Crippen MR) is 70.9 cm³/mol. The predicted octanol–water partition coefficient (Wildman–Crippen LogP) is 1.16. The SMILES string of the molecule is COC(=O)c1cnc(NCC(C)(C)S(C)(=O)=O)s1. The zero-order chi connectivity index (χ0) is 14.0. The third kappa shape index (κ3) is 3.42. The molecule has 18 heavy (non-hydrogen) atoms. The molecule has 0 aromatic carbocycles. The number of esters is 1. The molecule has 0 saturated heterocycles. The van der Waals surface area contributed by atoms with Crippen LogP contribution in [0.25, 0.3) is 0 Å². The number of methoxy groups -OCH3 is 1. The van der Waals surface area contributed by atoms with Crippen molar-refractivity contribution in [2.45, 2.75) is 18.6 Å². The average molecular weight is 292 g/mol. The minimum Gasteiger partial charge on any atom is -0.465 e. The van der Waals surface area contributed by atoms with Gasteiger partial charge in [-0.15, -0.1) is 0 Å². The molecule has 0 bridgehead atoms. The molecular weight excluding hydrogens is 276 g/mol. The van der Waals surface area contributed by atoms with E-state index in [0.29, 0.717) is 10.0 Å². The van der Waals surface area contributed by atoms with Gasteiger partial charge in [0.1, 0.15) is 4.88 Å². The molecule has 0 aliphatic rings. The van der Waals surface area contributed by atoms with E-state index in [4.69, 9.17) is 0 Å². The number of carbonyl (C=O) groups excluding carboxylic acids is 1. The van der Waals surface area contributed by atoms with Crippen LogP contribution in [0.2, 0.25) is 0 Å². The number of hydrogen-bond acceptors (Lipinski definition) is 7. The van der Waals surface area contributed by atoms with Crippen molar-refractivity contribution in [2.24, 2.45) is 0 Å². The van der Waals surface area contributed by atoms with Crippen molar-refractivity contribution in [1.29, 1.82) is 0 Å². The summed E-state index contributed by atoms with van der Waals surface area (Å²) in [6.45, 7) is 3.48. The number of ether oxygens (including phenoxy) is 1. The van der Waals surface area contributed by atoms with Crippen LogP contribution in [0.1, 0.15) is 23.5 Å². The van der Waals surface area contributed by atoms with Crippen LogP contribution in [0.3, 0.4) is 0 Å². The van der Waals surface area contributed by atoms with E-state index in [1.165, 1.54) is 19.6 Å². The van der Waals surface area contributed by atoms with E-state index in [0.717, 1.165) is 11.3 Å². The Hall–Kier alpha value is -1.15. The average Bonchev–Trinajstić information content (AvgIpc) is 2.72. The number of hydrogen-bond donors (Lipinski definition) is 1. The van der Waals surface area contributed by atoms with Gasteiger partial charge in [0.2, 0.25) is 0 Å². The lowest BCUT2D eigenvalue weighted by molar-refractivity contribution is 0.0606. The van der Waals surface area contributed by atoms with Crippen molar-refractivity contribution in [3.05, 3.63) is 11.1 Å². The first kappa shape index (κ1) is 14.9. The summed E-state index contributed by atoms with van der Waals surface area (Å²) < 4.78 is 26.7. The minimum absolute atomic E-state index is 0.222. The standard InChI is InChI=1S/C10H16N2O4S2/c1-10(2,18(4,14)15)6-12-9-11-5-7(17-9)8(13)16-3/h5H,6H2,1-4H3,(H,11,12). The van der Waals surface area contributed by atoms with Gasteiger partial charge >= 0.3 is 5.97 Å². The van der Waals surface area contributed by atoms with Crippen molar-refractivity contribution < 1.29 is 17.9 Å². The fourth-order valence-corrected chi connectivity index (χ4v) is 2.03. The second-order valence-electron chi connectivity index (χ2n) is 4.41. The summed E-state index contributed by atoms with van der Waals surface area (Å²) in [6.07, 6.45) is 2.59. The van der Waals surface area contributed by atoms with E-state index in [-0.39, 0.29) is 6.54 Å². The van der Waals surface area contributed by atoms with Crippen LogP contribution in [0.5, 0.6) is 0 Å². The number of rotatable bonds is 5. The Morgan fingerprint density at radius 1 is 1.56 bits per heavy atom. The lowest BCUT2D eigenvalue weighted by atomic mass is 10.2. The van der Waals surface area contributed by atoms with Crippen molar-refractivity contribution in [3.8, 4) is 0 Å². The van der Waals surface area contributed by atoms with Crippen LogP contribution in [0, 0.1) is 0 Å². The third-order valence-electron chi connectivity index (χ3n) is 2.56. The van der Waals surface area contributed by atoms with E-state index in [2.05, 4.69) is 15.0 Å². The Morgan fingerprint density at radius 2 is 2.17 bits per heavy atom. The van der Waals surface area contributed by atoms with Gasteiger partial charge in [-0.1, -0.05) is 11.3 Å². The summed E-state index contributed by atoms with van der Waals surface area (Å²) in [6, 6.07) is 0. The normalized spacial score (nSPS) is 12.2. The number of carbonyl (C=O) groups is 1. The molecule has 1 aromatic heterocycles. The molecule has 0 fully saturated rings. The number of nitrogens with zero attached hydrogens (tertiary/aromatic N) is 1. The Labute approximate surface area is 110 Å². The van der Waals surface area contributed by atoms with Crippen LogP contribution < -0.4 is 5.32 Å². The largest absolute Gasteiger partial charge is 0.465 e. The molecule has 0 aliphatic heterocycles. The molecule has 8 heteroatoms. The van der Waals surface area contributed by atoms with Crippen molar-refractivity contribution in [1.82, 2.24) is 4.98 Å². The minimum atomic E-state index is -3.16. The summed E-state index contributed by atoms with van der Waals surface area (Å²) >= 11 is 1.13. The Morgan fingerprint density at radius 3 is 2.67 bits per heavy atom. The van der Waals surface area contributed by atoms with Crippen LogP contribution in [-0.4, -0.2) is 44.0 Å². The summed E-state index contributed by atoms with van der Waals surface area (Å²) in [5.41, 5.74) is 0. The number of thiazole rings is 1. The Kier molecular flexibility index (Phi) is 4.33. The molecular formula is C10H16N2O4S2. The maximum Gasteiger partial charge on any atom is 0.349 e. The topological polar surface area (TPSA) is 85.4 Å². The molecule has 1 heterocycles. The van der Waals surface area contributed by atoms with Gasteiger partial charge in [-0.25, -0.2) is 18.2 Å². The van der Waals surface area contributed by atoms with Crippen molar-refractivity contribution in [2.75, 3.05) is 25.2 Å². The molecule has 1 aromatic rings. The highest BCUT2D eigenvalue weighted by atomic mass is 32.2. The number of anilines is 1. The molecule has 1 rings (SSSR count). The van der Waals surface area contributed by atoms with Gasteiger partial charge in [0, 0.05) is 12.8 Å².